The van der Waals surface area contributed by atoms with Gasteiger partial charge in [0.15, 0.2) is 0 Å². The van der Waals surface area contributed by atoms with Crippen molar-refractivity contribution in [1.82, 2.24) is 0 Å². The summed E-state index contributed by atoms with van der Waals surface area (Å²) in [6.07, 6.45) is 0. The molecule has 0 spiro atoms. The van der Waals surface area contributed by atoms with Crippen LogP contribution in [0.3, 0.4) is 0 Å². The molecule has 0 unspecified atom stereocenters. The van der Waals surface area contributed by atoms with Crippen LogP contribution in [0.4, 0.5) is 0 Å². The quantitative estimate of drug-likeness (QED) is 0.747. The number of rotatable bonds is 3. The summed E-state index contributed by atoms with van der Waals surface area (Å²) >= 11 is 0. The zero-order valence-corrected chi connectivity index (χ0v) is 8.82. The third-order valence-corrected chi connectivity index (χ3v) is 2.24. The number of carbonyl (C=O) groups is 1. The SMILES string of the molecule is C=C(O)c1ccc(C(C)C)c(C(=O)O)c1. The van der Waals surface area contributed by atoms with Gasteiger partial charge in [0, 0.05) is 5.56 Å². The molecule has 0 saturated heterocycles. The molecule has 15 heavy (non-hydrogen) atoms. The molecule has 1 aromatic carbocycles. The molecule has 3 nitrogen and oxygen atoms in total. The van der Waals surface area contributed by atoms with Crippen molar-refractivity contribution >= 4 is 11.7 Å². The lowest BCUT2D eigenvalue weighted by atomic mass is 9.95. The number of aliphatic hydroxyl groups is 1. The number of carboxylic acids is 1. The van der Waals surface area contributed by atoms with Crippen molar-refractivity contribution in [3.63, 3.8) is 0 Å². The number of aromatic carboxylic acids is 1. The van der Waals surface area contributed by atoms with E-state index in [0.717, 1.165) is 5.56 Å². The molecular weight excluding hydrogens is 192 g/mol. The number of hydrogen-bond acceptors (Lipinski definition) is 2. The smallest absolute Gasteiger partial charge is 0.335 e. The van der Waals surface area contributed by atoms with Gasteiger partial charge < -0.3 is 10.2 Å². The minimum Gasteiger partial charge on any atom is -0.508 e. The molecule has 80 valence electrons. The van der Waals surface area contributed by atoms with E-state index >= 15 is 0 Å². The average Bonchev–Trinajstić information content (AvgIpc) is 2.16. The fourth-order valence-electron chi connectivity index (χ4n) is 1.42. The van der Waals surface area contributed by atoms with Gasteiger partial charge in [0.05, 0.1) is 5.56 Å². The number of benzene rings is 1. The van der Waals surface area contributed by atoms with Gasteiger partial charge in [-0.05, 0) is 17.5 Å². The predicted octanol–water partition coefficient (Wildman–Crippen LogP) is 3.04. The van der Waals surface area contributed by atoms with Crippen molar-refractivity contribution < 1.29 is 15.0 Å². The summed E-state index contributed by atoms with van der Waals surface area (Å²) in [5.74, 6) is -0.966. The van der Waals surface area contributed by atoms with Gasteiger partial charge in [-0.1, -0.05) is 32.6 Å². The lowest BCUT2D eigenvalue weighted by Gasteiger charge is -2.10. The average molecular weight is 206 g/mol. The highest BCUT2D eigenvalue weighted by molar-refractivity contribution is 5.90. The summed E-state index contributed by atoms with van der Waals surface area (Å²) in [5, 5.41) is 18.2. The Bertz CT molecular complexity index is 405. The second-order valence-corrected chi connectivity index (χ2v) is 3.71. The Labute approximate surface area is 88.7 Å². The van der Waals surface area contributed by atoms with E-state index in [1.807, 2.05) is 13.8 Å². The molecule has 0 saturated carbocycles. The molecule has 1 aromatic rings. The van der Waals surface area contributed by atoms with E-state index in [4.69, 9.17) is 5.11 Å². The molecule has 1 rings (SSSR count). The van der Waals surface area contributed by atoms with E-state index in [9.17, 15) is 9.90 Å². The largest absolute Gasteiger partial charge is 0.508 e. The first kappa shape index (κ1) is 11.3. The van der Waals surface area contributed by atoms with Crippen LogP contribution in [0.25, 0.3) is 5.76 Å². The highest BCUT2D eigenvalue weighted by Gasteiger charge is 2.13. The third kappa shape index (κ3) is 2.37. The molecule has 0 aliphatic rings. The molecule has 0 aromatic heterocycles. The van der Waals surface area contributed by atoms with Crippen molar-refractivity contribution in [3.05, 3.63) is 41.5 Å². The third-order valence-electron chi connectivity index (χ3n) is 2.24. The zero-order chi connectivity index (χ0) is 11.6. The summed E-state index contributed by atoms with van der Waals surface area (Å²) in [7, 11) is 0. The van der Waals surface area contributed by atoms with Crippen LogP contribution < -0.4 is 0 Å². The van der Waals surface area contributed by atoms with E-state index < -0.39 is 5.97 Å². The molecule has 0 amide bonds. The highest BCUT2D eigenvalue weighted by atomic mass is 16.4. The Morgan fingerprint density at radius 2 is 1.93 bits per heavy atom. The number of carboxylic acid groups (broad SMARTS) is 1. The molecule has 0 bridgehead atoms. The zero-order valence-electron chi connectivity index (χ0n) is 8.82. The Kier molecular flexibility index (Phi) is 3.14. The van der Waals surface area contributed by atoms with Gasteiger partial charge in [-0.15, -0.1) is 0 Å². The van der Waals surface area contributed by atoms with Crippen molar-refractivity contribution in [3.8, 4) is 0 Å². The van der Waals surface area contributed by atoms with E-state index in [2.05, 4.69) is 6.58 Å². The van der Waals surface area contributed by atoms with Gasteiger partial charge >= 0.3 is 5.97 Å². The maximum absolute atomic E-state index is 11.0. The van der Waals surface area contributed by atoms with Crippen LogP contribution in [0.5, 0.6) is 0 Å². The van der Waals surface area contributed by atoms with Crippen LogP contribution in [0.2, 0.25) is 0 Å². The van der Waals surface area contributed by atoms with Crippen LogP contribution in [0, 0.1) is 0 Å². The van der Waals surface area contributed by atoms with Gasteiger partial charge in [-0.2, -0.15) is 0 Å². The first-order valence-electron chi connectivity index (χ1n) is 4.69. The fraction of sp³-hybridized carbons (Fsp3) is 0.250. The lowest BCUT2D eigenvalue weighted by molar-refractivity contribution is 0.0695. The molecule has 0 fully saturated rings. The Hall–Kier alpha value is -1.77. The molecule has 0 atom stereocenters. The molecule has 0 aliphatic heterocycles. The van der Waals surface area contributed by atoms with Gasteiger partial charge in [0.2, 0.25) is 0 Å². The lowest BCUT2D eigenvalue weighted by Crippen LogP contribution is -2.04. The Balaban J connectivity index is 3.33. The van der Waals surface area contributed by atoms with E-state index in [1.54, 1.807) is 12.1 Å². The van der Waals surface area contributed by atoms with Crippen molar-refractivity contribution in [1.29, 1.82) is 0 Å². The second-order valence-electron chi connectivity index (χ2n) is 3.71. The summed E-state index contributed by atoms with van der Waals surface area (Å²) in [4.78, 5) is 11.0. The molecule has 0 heterocycles. The summed E-state index contributed by atoms with van der Waals surface area (Å²) in [6.45, 7) is 7.21. The van der Waals surface area contributed by atoms with Crippen LogP contribution in [0.15, 0.2) is 24.8 Å². The van der Waals surface area contributed by atoms with Crippen LogP contribution >= 0.6 is 0 Å². The standard InChI is InChI=1S/C12H14O3/c1-7(2)10-5-4-9(8(3)13)6-11(10)12(14)15/h4-7,13H,3H2,1-2H3,(H,14,15). The first-order chi connectivity index (χ1) is 6.93. The summed E-state index contributed by atoms with van der Waals surface area (Å²) in [6, 6.07) is 4.83. The van der Waals surface area contributed by atoms with Gasteiger partial charge in [0.25, 0.3) is 0 Å². The molecular formula is C12H14O3. The topological polar surface area (TPSA) is 57.5 Å². The van der Waals surface area contributed by atoms with E-state index in [0.29, 0.717) is 5.56 Å². The number of hydrogen-bond donors (Lipinski definition) is 2. The van der Waals surface area contributed by atoms with Crippen LogP contribution in [-0.4, -0.2) is 16.2 Å². The highest BCUT2D eigenvalue weighted by Crippen LogP contribution is 2.22. The maximum atomic E-state index is 11.0. The van der Waals surface area contributed by atoms with Gasteiger partial charge in [-0.25, -0.2) is 4.79 Å². The van der Waals surface area contributed by atoms with Crippen molar-refractivity contribution in [2.75, 3.05) is 0 Å². The van der Waals surface area contributed by atoms with Gasteiger partial charge in [0.1, 0.15) is 5.76 Å². The van der Waals surface area contributed by atoms with Gasteiger partial charge in [-0.3, -0.25) is 0 Å². The minimum absolute atomic E-state index is 0.118. The molecule has 0 radical (unpaired) electrons. The summed E-state index contributed by atoms with van der Waals surface area (Å²) < 4.78 is 0. The van der Waals surface area contributed by atoms with Crippen molar-refractivity contribution in [2.24, 2.45) is 0 Å². The van der Waals surface area contributed by atoms with Crippen LogP contribution in [0.1, 0.15) is 41.3 Å². The normalized spacial score (nSPS) is 10.3. The molecule has 3 heteroatoms. The van der Waals surface area contributed by atoms with Crippen LogP contribution in [-0.2, 0) is 0 Å². The molecule has 2 N–H and O–H groups in total. The second kappa shape index (κ2) is 4.17. The Morgan fingerprint density at radius 3 is 2.33 bits per heavy atom. The Morgan fingerprint density at radius 1 is 1.33 bits per heavy atom. The molecule has 0 aliphatic carbocycles. The van der Waals surface area contributed by atoms with E-state index in [1.165, 1.54) is 6.07 Å². The summed E-state index contributed by atoms with van der Waals surface area (Å²) in [5.41, 5.74) is 1.42. The maximum Gasteiger partial charge on any atom is 0.335 e. The monoisotopic (exact) mass is 206 g/mol. The first-order valence-corrected chi connectivity index (χ1v) is 4.69. The van der Waals surface area contributed by atoms with Crippen molar-refractivity contribution in [2.45, 2.75) is 19.8 Å². The minimum atomic E-state index is -0.984. The predicted molar refractivity (Wildman–Crippen MR) is 59.2 cm³/mol. The number of aliphatic hydroxyl groups excluding tert-OH is 1. The van der Waals surface area contributed by atoms with E-state index in [-0.39, 0.29) is 17.2 Å². The fourth-order valence-corrected chi connectivity index (χ4v) is 1.42.